The van der Waals surface area contributed by atoms with Crippen molar-refractivity contribution >= 4 is 52.5 Å². The van der Waals surface area contributed by atoms with E-state index >= 15 is 0 Å². The summed E-state index contributed by atoms with van der Waals surface area (Å²) in [6, 6.07) is 8.18. The Kier molecular flexibility index (Phi) is 8.43. The number of hydrogen-bond acceptors (Lipinski definition) is 6. The molecule has 0 bridgehead atoms. The number of aromatic nitrogens is 3. The third-order valence-corrected chi connectivity index (χ3v) is 7.59. The van der Waals surface area contributed by atoms with E-state index < -0.39 is 5.91 Å². The largest absolute Gasteiger partial charge is 0.472 e. The molecule has 0 unspecified atom stereocenters. The Bertz CT molecular complexity index is 1270. The number of benzene rings is 1. The van der Waals surface area contributed by atoms with Crippen molar-refractivity contribution in [2.75, 3.05) is 16.8 Å². The van der Waals surface area contributed by atoms with Gasteiger partial charge in [-0.1, -0.05) is 37.0 Å². The minimum atomic E-state index is -0.496. The molecule has 0 spiro atoms. The molecule has 11 heteroatoms. The summed E-state index contributed by atoms with van der Waals surface area (Å²) in [6.45, 7) is 5.80. The highest BCUT2D eigenvalue weighted by Gasteiger charge is 2.26. The molecule has 8 nitrogen and oxygen atoms in total. The molecular formula is C25H27Cl2N5O3S. The first kappa shape index (κ1) is 26.3. The second kappa shape index (κ2) is 11.5. The van der Waals surface area contributed by atoms with E-state index in [4.69, 9.17) is 27.9 Å². The summed E-state index contributed by atoms with van der Waals surface area (Å²) in [5, 5.41) is 11.1. The maximum atomic E-state index is 13.6. The summed E-state index contributed by atoms with van der Waals surface area (Å²) < 4.78 is 7.27. The monoisotopic (exact) mass is 547 g/mol. The van der Waals surface area contributed by atoms with Gasteiger partial charge in [0, 0.05) is 34.8 Å². The van der Waals surface area contributed by atoms with Gasteiger partial charge >= 0.3 is 0 Å². The number of thioether (sulfide) groups is 1. The Balaban J connectivity index is 1.70. The van der Waals surface area contributed by atoms with Crippen LogP contribution in [0.1, 0.15) is 53.1 Å². The van der Waals surface area contributed by atoms with Gasteiger partial charge in [-0.25, -0.2) is 9.67 Å². The van der Waals surface area contributed by atoms with E-state index in [1.54, 1.807) is 55.2 Å². The van der Waals surface area contributed by atoms with Gasteiger partial charge in [-0.15, -0.1) is 5.10 Å². The van der Waals surface area contributed by atoms with Crippen molar-refractivity contribution in [1.29, 1.82) is 0 Å². The van der Waals surface area contributed by atoms with E-state index in [1.807, 2.05) is 13.8 Å². The number of nitrogens with zero attached hydrogens (tertiary/aromatic N) is 3. The van der Waals surface area contributed by atoms with Gasteiger partial charge in [-0.3, -0.25) is 9.59 Å². The molecule has 0 radical (unpaired) electrons. The number of rotatable bonds is 9. The lowest BCUT2D eigenvalue weighted by Crippen LogP contribution is -2.34. The molecule has 1 fully saturated rings. The van der Waals surface area contributed by atoms with Crippen LogP contribution in [0, 0.1) is 6.92 Å². The van der Waals surface area contributed by atoms with Crippen molar-refractivity contribution < 1.29 is 14.3 Å². The van der Waals surface area contributed by atoms with Crippen LogP contribution in [0.5, 0.6) is 5.88 Å². The summed E-state index contributed by atoms with van der Waals surface area (Å²) >= 11 is 14.4. The fraction of sp³-hybridized carbons (Fsp3) is 0.360. The molecule has 1 aromatic carbocycles. The molecule has 2 N–H and O–H groups in total. The van der Waals surface area contributed by atoms with Crippen LogP contribution >= 0.6 is 35.0 Å². The van der Waals surface area contributed by atoms with Crippen molar-refractivity contribution in [1.82, 2.24) is 20.1 Å². The predicted molar refractivity (Wildman–Crippen MR) is 144 cm³/mol. The van der Waals surface area contributed by atoms with Gasteiger partial charge in [-0.2, -0.15) is 11.8 Å². The standard InChI is InChI=1S/C25H27Cl2N5O3S/c1-4-16(5-2)29-24(33)18-10-15(26)9-14(3)22(18)30-25(34)20-11-21(35-17-12-36-13-17)31-32(20)23-19(27)7-6-8-28-23/h6-11,16-17H,4-5,12-13H2,1-3H3,(H,29,33)(H,30,34). The molecule has 0 saturated carbocycles. The van der Waals surface area contributed by atoms with E-state index in [-0.39, 0.29) is 29.3 Å². The quantitative estimate of drug-likeness (QED) is 0.364. The normalized spacial score (nSPS) is 13.4. The maximum Gasteiger partial charge on any atom is 0.274 e. The Hall–Kier alpha value is -2.75. The van der Waals surface area contributed by atoms with Gasteiger partial charge in [0.2, 0.25) is 5.88 Å². The average molecular weight is 548 g/mol. The fourth-order valence-electron chi connectivity index (χ4n) is 3.75. The molecule has 0 aliphatic carbocycles. The highest BCUT2D eigenvalue weighted by atomic mass is 35.5. The van der Waals surface area contributed by atoms with E-state index in [2.05, 4.69) is 20.7 Å². The SMILES string of the molecule is CCC(CC)NC(=O)c1cc(Cl)cc(C)c1NC(=O)c1cc(OC2CSC2)nn1-c1ncccc1Cl. The molecule has 2 aromatic heterocycles. The summed E-state index contributed by atoms with van der Waals surface area (Å²) in [7, 11) is 0. The maximum absolute atomic E-state index is 13.6. The Morgan fingerprint density at radius 1 is 1.19 bits per heavy atom. The number of ether oxygens (including phenoxy) is 1. The van der Waals surface area contributed by atoms with Crippen LogP contribution in [-0.4, -0.2) is 50.2 Å². The topological polar surface area (TPSA) is 98.1 Å². The molecule has 1 aliphatic rings. The van der Waals surface area contributed by atoms with Crippen LogP contribution < -0.4 is 15.4 Å². The first-order chi connectivity index (χ1) is 17.3. The molecule has 1 saturated heterocycles. The molecule has 0 atom stereocenters. The zero-order chi connectivity index (χ0) is 25.8. The molecule has 3 heterocycles. The number of nitrogens with one attached hydrogen (secondary N) is 2. The van der Waals surface area contributed by atoms with Crippen LogP contribution in [0.25, 0.3) is 5.82 Å². The molecule has 190 valence electrons. The highest BCUT2D eigenvalue weighted by Crippen LogP contribution is 2.29. The van der Waals surface area contributed by atoms with E-state index in [9.17, 15) is 9.59 Å². The number of hydrogen-bond donors (Lipinski definition) is 2. The van der Waals surface area contributed by atoms with Crippen LogP contribution in [0.4, 0.5) is 5.69 Å². The first-order valence-electron chi connectivity index (χ1n) is 11.7. The molecule has 36 heavy (non-hydrogen) atoms. The second-order valence-corrected chi connectivity index (χ2v) is 10.4. The molecule has 4 rings (SSSR count). The number of pyridine rings is 1. The van der Waals surface area contributed by atoms with Crippen molar-refractivity contribution in [3.8, 4) is 11.7 Å². The summed E-state index contributed by atoms with van der Waals surface area (Å²) in [5.41, 5.74) is 1.46. The minimum absolute atomic E-state index is 0.0115. The smallest absolute Gasteiger partial charge is 0.274 e. The zero-order valence-electron chi connectivity index (χ0n) is 20.2. The third kappa shape index (κ3) is 5.79. The average Bonchev–Trinajstić information content (AvgIpc) is 3.25. The third-order valence-electron chi connectivity index (χ3n) is 5.86. The number of amides is 2. The molecular weight excluding hydrogens is 521 g/mol. The van der Waals surface area contributed by atoms with Gasteiger partial charge in [0.05, 0.1) is 16.3 Å². The minimum Gasteiger partial charge on any atom is -0.472 e. The van der Waals surface area contributed by atoms with Gasteiger partial charge < -0.3 is 15.4 Å². The lowest BCUT2D eigenvalue weighted by Gasteiger charge is -2.24. The van der Waals surface area contributed by atoms with Crippen molar-refractivity contribution in [2.45, 2.75) is 45.8 Å². The molecule has 3 aromatic rings. The Morgan fingerprint density at radius 3 is 2.58 bits per heavy atom. The predicted octanol–water partition coefficient (Wildman–Crippen LogP) is 5.55. The fourth-order valence-corrected chi connectivity index (χ4v) is 4.79. The Morgan fingerprint density at radius 2 is 1.94 bits per heavy atom. The zero-order valence-corrected chi connectivity index (χ0v) is 22.5. The van der Waals surface area contributed by atoms with Crippen LogP contribution in [0.15, 0.2) is 36.5 Å². The van der Waals surface area contributed by atoms with E-state index in [1.165, 1.54) is 4.68 Å². The number of carbonyl (C=O) groups is 2. The van der Waals surface area contributed by atoms with E-state index in [0.29, 0.717) is 33.0 Å². The first-order valence-corrected chi connectivity index (χ1v) is 13.6. The number of anilines is 1. The summed E-state index contributed by atoms with van der Waals surface area (Å²) in [5.74, 6) is 1.50. The second-order valence-electron chi connectivity index (χ2n) is 8.45. The lowest BCUT2D eigenvalue weighted by molar-refractivity contribution is 0.0935. The van der Waals surface area contributed by atoms with Crippen molar-refractivity contribution in [3.05, 3.63) is 63.4 Å². The Labute approximate surface area is 224 Å². The number of aryl methyl sites for hydroxylation is 1. The lowest BCUT2D eigenvalue weighted by atomic mass is 10.1. The van der Waals surface area contributed by atoms with Gasteiger partial charge in [0.1, 0.15) is 11.8 Å². The van der Waals surface area contributed by atoms with Crippen LogP contribution in [0.2, 0.25) is 10.0 Å². The van der Waals surface area contributed by atoms with Crippen molar-refractivity contribution in [3.63, 3.8) is 0 Å². The molecule has 1 aliphatic heterocycles. The van der Waals surface area contributed by atoms with Crippen LogP contribution in [-0.2, 0) is 0 Å². The van der Waals surface area contributed by atoms with Crippen molar-refractivity contribution in [2.24, 2.45) is 0 Å². The van der Waals surface area contributed by atoms with Gasteiger partial charge in [-0.05, 0) is 49.6 Å². The highest BCUT2D eigenvalue weighted by molar-refractivity contribution is 8.00. The van der Waals surface area contributed by atoms with E-state index in [0.717, 1.165) is 24.3 Å². The molecule has 2 amide bonds. The van der Waals surface area contributed by atoms with Crippen LogP contribution in [0.3, 0.4) is 0 Å². The number of halogens is 2. The summed E-state index contributed by atoms with van der Waals surface area (Å²) in [4.78, 5) is 31.0. The van der Waals surface area contributed by atoms with Gasteiger partial charge in [0.25, 0.3) is 11.8 Å². The number of carbonyl (C=O) groups excluding carboxylic acids is 2. The summed E-state index contributed by atoms with van der Waals surface area (Å²) in [6.07, 6.45) is 3.18. The van der Waals surface area contributed by atoms with Gasteiger partial charge in [0.15, 0.2) is 5.82 Å².